The van der Waals surface area contributed by atoms with Gasteiger partial charge in [-0.1, -0.05) is 18.2 Å². The van der Waals surface area contributed by atoms with Gasteiger partial charge in [0.2, 0.25) is 5.91 Å². The fourth-order valence-electron chi connectivity index (χ4n) is 1.77. The molecule has 4 N–H and O–H groups in total. The van der Waals surface area contributed by atoms with Gasteiger partial charge in [-0.05, 0) is 52.2 Å². The molecule has 2 aromatic carbocycles. The van der Waals surface area contributed by atoms with Crippen LogP contribution in [0.5, 0.6) is 5.75 Å². The average Bonchev–Trinajstić information content (AvgIpc) is 2.43. The molecule has 0 bridgehead atoms. The lowest BCUT2D eigenvalue weighted by Gasteiger charge is -2.08. The van der Waals surface area contributed by atoms with Crippen molar-refractivity contribution in [3.05, 3.63) is 52.5 Å². The SMILES string of the molecule is Nc1ccc(CCC(=O)Nc2cccc(Br)c2O)cc1. The maximum Gasteiger partial charge on any atom is 0.224 e. The second-order valence-electron chi connectivity index (χ2n) is 4.43. The van der Waals surface area contributed by atoms with Gasteiger partial charge in [-0.2, -0.15) is 0 Å². The topological polar surface area (TPSA) is 75.4 Å². The van der Waals surface area contributed by atoms with E-state index in [1.807, 2.05) is 24.3 Å². The van der Waals surface area contributed by atoms with Crippen molar-refractivity contribution < 1.29 is 9.90 Å². The summed E-state index contributed by atoms with van der Waals surface area (Å²) in [5.41, 5.74) is 7.76. The summed E-state index contributed by atoms with van der Waals surface area (Å²) in [7, 11) is 0. The minimum absolute atomic E-state index is 0.0355. The summed E-state index contributed by atoms with van der Waals surface area (Å²) in [6.45, 7) is 0. The Hall–Kier alpha value is -2.01. The van der Waals surface area contributed by atoms with Crippen molar-refractivity contribution in [2.45, 2.75) is 12.8 Å². The number of carbonyl (C=O) groups is 1. The summed E-state index contributed by atoms with van der Waals surface area (Å²) < 4.78 is 0.550. The normalized spacial score (nSPS) is 10.2. The van der Waals surface area contributed by atoms with Gasteiger partial charge in [0.15, 0.2) is 5.75 Å². The lowest BCUT2D eigenvalue weighted by molar-refractivity contribution is -0.116. The van der Waals surface area contributed by atoms with Crippen molar-refractivity contribution in [3.63, 3.8) is 0 Å². The van der Waals surface area contributed by atoms with Gasteiger partial charge in [0, 0.05) is 12.1 Å². The number of halogens is 1. The van der Waals surface area contributed by atoms with Gasteiger partial charge in [-0.3, -0.25) is 4.79 Å². The number of nitrogens with two attached hydrogens (primary N) is 1. The third-order valence-corrected chi connectivity index (χ3v) is 3.52. The van der Waals surface area contributed by atoms with E-state index in [4.69, 9.17) is 5.73 Å². The fourth-order valence-corrected chi connectivity index (χ4v) is 2.14. The summed E-state index contributed by atoms with van der Waals surface area (Å²) in [5, 5.41) is 12.5. The molecule has 0 heterocycles. The number of rotatable bonds is 4. The van der Waals surface area contributed by atoms with E-state index in [2.05, 4.69) is 21.2 Å². The molecule has 0 saturated carbocycles. The molecule has 0 radical (unpaired) electrons. The summed E-state index contributed by atoms with van der Waals surface area (Å²) in [4.78, 5) is 11.9. The van der Waals surface area contributed by atoms with Crippen LogP contribution in [0, 0.1) is 0 Å². The molecule has 0 spiro atoms. The zero-order chi connectivity index (χ0) is 14.5. The van der Waals surface area contributed by atoms with Crippen LogP contribution in [-0.4, -0.2) is 11.0 Å². The number of carbonyl (C=O) groups excluding carboxylic acids is 1. The van der Waals surface area contributed by atoms with Gasteiger partial charge < -0.3 is 16.2 Å². The average molecular weight is 335 g/mol. The van der Waals surface area contributed by atoms with E-state index in [1.54, 1.807) is 18.2 Å². The van der Waals surface area contributed by atoms with Crippen molar-refractivity contribution in [2.24, 2.45) is 0 Å². The Labute approximate surface area is 125 Å². The first kappa shape index (κ1) is 14.4. The maximum absolute atomic E-state index is 11.9. The molecule has 0 aliphatic rings. The van der Waals surface area contributed by atoms with Crippen molar-refractivity contribution in [3.8, 4) is 5.75 Å². The molecular weight excluding hydrogens is 320 g/mol. The van der Waals surface area contributed by atoms with Gasteiger partial charge in [-0.25, -0.2) is 0 Å². The number of anilines is 2. The molecule has 0 aromatic heterocycles. The van der Waals surface area contributed by atoms with E-state index < -0.39 is 0 Å². The van der Waals surface area contributed by atoms with Crippen molar-refractivity contribution in [1.82, 2.24) is 0 Å². The molecule has 0 unspecified atom stereocenters. The molecule has 104 valence electrons. The Morgan fingerprint density at radius 3 is 2.60 bits per heavy atom. The van der Waals surface area contributed by atoms with Crippen molar-refractivity contribution in [2.75, 3.05) is 11.1 Å². The highest BCUT2D eigenvalue weighted by molar-refractivity contribution is 9.10. The fraction of sp³-hybridized carbons (Fsp3) is 0.133. The van der Waals surface area contributed by atoms with Crippen LogP contribution >= 0.6 is 15.9 Å². The smallest absolute Gasteiger partial charge is 0.224 e. The number of benzene rings is 2. The highest BCUT2D eigenvalue weighted by Gasteiger charge is 2.08. The number of nitrogen functional groups attached to an aromatic ring is 1. The van der Waals surface area contributed by atoms with Gasteiger partial charge in [0.1, 0.15) is 0 Å². The Kier molecular flexibility index (Phi) is 4.63. The Morgan fingerprint density at radius 1 is 1.20 bits per heavy atom. The molecule has 0 fully saturated rings. The lowest BCUT2D eigenvalue weighted by Crippen LogP contribution is -2.12. The predicted molar refractivity (Wildman–Crippen MR) is 83.6 cm³/mol. The predicted octanol–water partition coefficient (Wildman–Crippen LogP) is 3.31. The van der Waals surface area contributed by atoms with E-state index in [0.29, 0.717) is 28.7 Å². The third kappa shape index (κ3) is 3.74. The zero-order valence-corrected chi connectivity index (χ0v) is 12.4. The number of hydrogen-bond acceptors (Lipinski definition) is 3. The van der Waals surface area contributed by atoms with Crippen LogP contribution in [0.25, 0.3) is 0 Å². The van der Waals surface area contributed by atoms with Crippen molar-refractivity contribution >= 4 is 33.2 Å². The molecular formula is C15H15BrN2O2. The van der Waals surface area contributed by atoms with Gasteiger partial charge in [0.25, 0.3) is 0 Å². The van der Waals surface area contributed by atoms with E-state index in [0.717, 1.165) is 5.56 Å². The second kappa shape index (κ2) is 6.43. The van der Waals surface area contributed by atoms with Crippen LogP contribution in [0.15, 0.2) is 46.9 Å². The lowest BCUT2D eigenvalue weighted by atomic mass is 10.1. The van der Waals surface area contributed by atoms with Crippen molar-refractivity contribution in [1.29, 1.82) is 0 Å². The first-order valence-corrected chi connectivity index (χ1v) is 6.97. The number of phenols is 1. The highest BCUT2D eigenvalue weighted by Crippen LogP contribution is 2.31. The summed E-state index contributed by atoms with van der Waals surface area (Å²) in [6.07, 6.45) is 0.969. The van der Waals surface area contributed by atoms with E-state index >= 15 is 0 Å². The first-order chi connectivity index (χ1) is 9.56. The van der Waals surface area contributed by atoms with Crippen LogP contribution < -0.4 is 11.1 Å². The monoisotopic (exact) mass is 334 g/mol. The number of para-hydroxylation sites is 1. The van der Waals surface area contributed by atoms with Gasteiger partial charge >= 0.3 is 0 Å². The van der Waals surface area contributed by atoms with Crippen LogP contribution in [0.3, 0.4) is 0 Å². The maximum atomic E-state index is 11.9. The summed E-state index contributed by atoms with van der Waals surface area (Å²) in [6, 6.07) is 12.5. The van der Waals surface area contributed by atoms with E-state index in [-0.39, 0.29) is 11.7 Å². The molecule has 2 rings (SSSR count). The van der Waals surface area contributed by atoms with E-state index in [9.17, 15) is 9.90 Å². The molecule has 0 aliphatic carbocycles. The van der Waals surface area contributed by atoms with E-state index in [1.165, 1.54) is 0 Å². The Balaban J connectivity index is 1.92. The van der Waals surface area contributed by atoms with Crippen LogP contribution in [0.2, 0.25) is 0 Å². The van der Waals surface area contributed by atoms with Gasteiger partial charge in [-0.15, -0.1) is 0 Å². The number of phenolic OH excluding ortho intramolecular Hbond substituents is 1. The number of aryl methyl sites for hydroxylation is 1. The number of hydrogen-bond donors (Lipinski definition) is 3. The van der Waals surface area contributed by atoms with Gasteiger partial charge in [0.05, 0.1) is 10.2 Å². The summed E-state index contributed by atoms with van der Waals surface area (Å²) in [5.74, 6) is -0.108. The quantitative estimate of drug-likeness (QED) is 0.593. The first-order valence-electron chi connectivity index (χ1n) is 6.18. The number of aromatic hydroxyl groups is 1. The van der Waals surface area contributed by atoms with Crippen LogP contribution in [-0.2, 0) is 11.2 Å². The number of nitrogens with one attached hydrogen (secondary N) is 1. The molecule has 0 atom stereocenters. The van der Waals surface area contributed by atoms with Crippen LogP contribution in [0.4, 0.5) is 11.4 Å². The molecule has 5 heteroatoms. The Morgan fingerprint density at radius 2 is 1.90 bits per heavy atom. The molecule has 20 heavy (non-hydrogen) atoms. The molecule has 4 nitrogen and oxygen atoms in total. The Bertz CT molecular complexity index is 612. The minimum Gasteiger partial charge on any atom is -0.505 e. The summed E-state index contributed by atoms with van der Waals surface area (Å²) >= 11 is 3.21. The second-order valence-corrected chi connectivity index (χ2v) is 5.28. The molecule has 1 amide bonds. The highest BCUT2D eigenvalue weighted by atomic mass is 79.9. The zero-order valence-electron chi connectivity index (χ0n) is 10.8. The third-order valence-electron chi connectivity index (χ3n) is 2.88. The molecule has 0 saturated heterocycles. The standard InChI is InChI=1S/C15H15BrN2O2/c16-12-2-1-3-13(15(12)20)18-14(19)9-6-10-4-7-11(17)8-5-10/h1-5,7-8,20H,6,9,17H2,(H,18,19). The largest absolute Gasteiger partial charge is 0.505 e. The molecule has 0 aliphatic heterocycles. The molecule has 2 aromatic rings. The minimum atomic E-state index is -0.143. The van der Waals surface area contributed by atoms with Crippen LogP contribution in [0.1, 0.15) is 12.0 Å². The number of amides is 1.